The van der Waals surface area contributed by atoms with Crippen molar-refractivity contribution < 1.29 is 44.9 Å². The number of quaternary nitrogens is 1. The van der Waals surface area contributed by atoms with Gasteiger partial charge in [0.1, 0.15) is 34.7 Å². The molecule has 210 valence electrons. The molecule has 39 heavy (non-hydrogen) atoms. The number of esters is 1. The molecule has 0 saturated heterocycles. The van der Waals surface area contributed by atoms with Gasteiger partial charge in [0, 0.05) is 12.1 Å². The molecule has 0 radical (unpaired) electrons. The van der Waals surface area contributed by atoms with E-state index in [4.69, 9.17) is 21.1 Å². The lowest BCUT2D eigenvalue weighted by Gasteiger charge is -2.28. The van der Waals surface area contributed by atoms with Gasteiger partial charge in [0.25, 0.3) is 0 Å². The van der Waals surface area contributed by atoms with Crippen LogP contribution in [0.2, 0.25) is 5.02 Å². The second-order valence-electron chi connectivity index (χ2n) is 8.78. The molecular weight excluding hydrogens is 563 g/mol. The molecule has 3 aromatic rings. The van der Waals surface area contributed by atoms with Crippen molar-refractivity contribution in [2.75, 3.05) is 13.7 Å². The number of aromatic nitrogens is 2. The van der Waals surface area contributed by atoms with Gasteiger partial charge in [0.2, 0.25) is 0 Å². The van der Waals surface area contributed by atoms with Crippen LogP contribution >= 0.6 is 11.6 Å². The van der Waals surface area contributed by atoms with Crippen LogP contribution in [0.3, 0.4) is 0 Å². The zero-order valence-corrected chi connectivity index (χ0v) is 22.6. The molecule has 0 fully saturated rings. The predicted molar refractivity (Wildman–Crippen MR) is 133 cm³/mol. The molecule has 0 amide bonds. The number of nitrogens with zero attached hydrogens (tertiary/aromatic N) is 2. The third kappa shape index (κ3) is 6.65. The average molecular weight is 589 g/mol. The molecule has 2 atom stereocenters. The van der Waals surface area contributed by atoms with Crippen LogP contribution in [0.5, 0.6) is 17.2 Å². The van der Waals surface area contributed by atoms with E-state index >= 15 is 0 Å². The van der Waals surface area contributed by atoms with E-state index in [2.05, 4.69) is 9.84 Å². The van der Waals surface area contributed by atoms with Crippen LogP contribution in [0, 0.1) is 0 Å². The lowest BCUT2D eigenvalue weighted by molar-refractivity contribution is -0.782. The number of carbonyl (C=O) groups is 1. The van der Waals surface area contributed by atoms with Crippen LogP contribution in [0.25, 0.3) is 0 Å². The van der Waals surface area contributed by atoms with Gasteiger partial charge in [-0.3, -0.25) is 9.48 Å². The standard InChI is InChI=1S/C25H25ClF3N3O6S/c1-3-36-24(33)15-32-22-6-4-5-21(19(22)14-30-32)31(2)39(34,35)18-11-12-23(20(26)13-18)37-16-7-9-17(10-8-16)38-25(27,28)29/h7-14,21H,3-6,15H2,1-2H3/p+1. The Kier molecular flexibility index (Phi) is 8.42. The van der Waals surface area contributed by atoms with E-state index in [1.807, 2.05) is 0 Å². The number of benzene rings is 2. The Labute approximate surface area is 228 Å². The molecule has 0 bridgehead atoms. The number of carbonyl (C=O) groups excluding carboxylic acids is 1. The normalized spacial score (nSPS) is 16.3. The fraction of sp³-hybridized carbons (Fsp3) is 0.360. The number of nitrogens with one attached hydrogen (secondary N) is 1. The summed E-state index contributed by atoms with van der Waals surface area (Å²) < 4.78 is 80.4. The molecule has 0 saturated carbocycles. The molecular formula is C25H26ClF3N3O6S+. The Balaban J connectivity index is 1.50. The third-order valence-corrected chi connectivity index (χ3v) is 8.56. The molecule has 2 unspecified atom stereocenters. The fourth-order valence-corrected chi connectivity index (χ4v) is 6.24. The summed E-state index contributed by atoms with van der Waals surface area (Å²) in [5.74, 6) is -0.524. The smallest absolute Gasteiger partial charge is 0.465 e. The Morgan fingerprint density at radius 3 is 2.51 bits per heavy atom. The van der Waals surface area contributed by atoms with Gasteiger partial charge in [-0.05, 0) is 62.2 Å². The van der Waals surface area contributed by atoms with Crippen molar-refractivity contribution in [1.29, 1.82) is 0 Å². The number of halogens is 4. The Morgan fingerprint density at radius 2 is 1.87 bits per heavy atom. The first-order chi connectivity index (χ1) is 18.4. The Bertz CT molecular complexity index is 1440. The summed E-state index contributed by atoms with van der Waals surface area (Å²) in [5, 5.41) is 4.31. The van der Waals surface area contributed by atoms with Crippen molar-refractivity contribution in [3.8, 4) is 17.2 Å². The summed E-state index contributed by atoms with van der Waals surface area (Å²) in [6.45, 7) is 1.93. The number of rotatable bonds is 9. The largest absolute Gasteiger partial charge is 0.573 e. The van der Waals surface area contributed by atoms with Crippen LogP contribution in [0.15, 0.2) is 53.6 Å². The van der Waals surface area contributed by atoms with Crippen LogP contribution < -0.4 is 13.8 Å². The van der Waals surface area contributed by atoms with Crippen LogP contribution in [-0.2, 0) is 32.5 Å². The molecule has 4 rings (SSSR count). The van der Waals surface area contributed by atoms with E-state index in [1.54, 1.807) is 24.9 Å². The highest BCUT2D eigenvalue weighted by atomic mass is 35.5. The van der Waals surface area contributed by atoms with Crippen molar-refractivity contribution in [1.82, 2.24) is 9.78 Å². The topological polar surface area (TPSA) is 101 Å². The molecule has 14 heteroatoms. The maximum atomic E-state index is 13.5. The van der Waals surface area contributed by atoms with Crippen molar-refractivity contribution >= 4 is 27.6 Å². The van der Waals surface area contributed by atoms with Gasteiger partial charge >= 0.3 is 22.4 Å². The van der Waals surface area contributed by atoms with Gasteiger partial charge < -0.3 is 14.2 Å². The predicted octanol–water partition coefficient (Wildman–Crippen LogP) is 4.07. The van der Waals surface area contributed by atoms with Crippen LogP contribution in [0.1, 0.15) is 37.1 Å². The van der Waals surface area contributed by atoms with Crippen molar-refractivity contribution in [3.05, 3.63) is 64.9 Å². The second kappa shape index (κ2) is 11.4. The Hall–Kier alpha value is -3.29. The van der Waals surface area contributed by atoms with Gasteiger partial charge in [0.05, 0.1) is 30.4 Å². The summed E-state index contributed by atoms with van der Waals surface area (Å²) in [7, 11) is -2.36. The minimum absolute atomic E-state index is 0.00563. The van der Waals surface area contributed by atoms with E-state index in [1.165, 1.54) is 30.3 Å². The highest BCUT2D eigenvalue weighted by molar-refractivity contribution is 7.85. The molecule has 1 aliphatic rings. The number of sulfonamides is 1. The average Bonchev–Trinajstić information content (AvgIpc) is 3.28. The van der Waals surface area contributed by atoms with Crippen LogP contribution in [-0.4, -0.2) is 44.2 Å². The fourth-order valence-electron chi connectivity index (χ4n) is 4.45. The van der Waals surface area contributed by atoms with Crippen molar-refractivity contribution in [2.45, 2.75) is 50.0 Å². The van der Waals surface area contributed by atoms with Gasteiger partial charge in [0.15, 0.2) is 0 Å². The molecule has 1 aliphatic carbocycles. The molecule has 0 spiro atoms. The van der Waals surface area contributed by atoms with Crippen molar-refractivity contribution in [2.24, 2.45) is 0 Å². The van der Waals surface area contributed by atoms with Crippen molar-refractivity contribution in [3.63, 3.8) is 0 Å². The number of ether oxygens (including phenoxy) is 3. The lowest BCUT2D eigenvalue weighted by Crippen LogP contribution is -3.11. The summed E-state index contributed by atoms with van der Waals surface area (Å²) in [6, 6.07) is 8.29. The summed E-state index contributed by atoms with van der Waals surface area (Å²) in [6.07, 6.45) is -1.22. The number of hydrogen-bond acceptors (Lipinski definition) is 7. The van der Waals surface area contributed by atoms with Crippen LogP contribution in [0.4, 0.5) is 13.2 Å². The molecule has 1 N–H and O–H groups in total. The summed E-state index contributed by atoms with van der Waals surface area (Å²) in [5.41, 5.74) is 1.57. The SMILES string of the molecule is CCOC(=O)Cn1ncc2c1CCCC2[NH+](C)S(=O)(=O)c1ccc(Oc2ccc(OC(F)(F)F)cc2)c(Cl)c1. The number of alkyl halides is 3. The third-order valence-electron chi connectivity index (χ3n) is 6.26. The highest BCUT2D eigenvalue weighted by Crippen LogP contribution is 2.33. The van der Waals surface area contributed by atoms with E-state index in [-0.39, 0.29) is 38.9 Å². The van der Waals surface area contributed by atoms with Gasteiger partial charge in [-0.1, -0.05) is 11.6 Å². The summed E-state index contributed by atoms with van der Waals surface area (Å²) in [4.78, 5) is 11.9. The van der Waals surface area contributed by atoms with E-state index in [0.717, 1.165) is 29.8 Å². The molecule has 1 heterocycles. The molecule has 2 aromatic carbocycles. The zero-order chi connectivity index (χ0) is 28.4. The van der Waals surface area contributed by atoms with E-state index in [9.17, 15) is 26.4 Å². The first kappa shape index (κ1) is 28.7. The second-order valence-corrected chi connectivity index (χ2v) is 11.3. The van der Waals surface area contributed by atoms with Gasteiger partial charge in [-0.25, -0.2) is 4.31 Å². The van der Waals surface area contributed by atoms with Gasteiger partial charge in [-0.15, -0.1) is 13.2 Å². The highest BCUT2D eigenvalue weighted by Gasteiger charge is 2.38. The zero-order valence-electron chi connectivity index (χ0n) is 21.0. The minimum Gasteiger partial charge on any atom is -0.465 e. The first-order valence-corrected chi connectivity index (χ1v) is 13.9. The monoisotopic (exact) mass is 588 g/mol. The van der Waals surface area contributed by atoms with E-state index < -0.39 is 34.1 Å². The first-order valence-electron chi connectivity index (χ1n) is 12.0. The Morgan fingerprint density at radius 1 is 1.18 bits per heavy atom. The van der Waals surface area contributed by atoms with Gasteiger partial charge in [-0.2, -0.15) is 13.5 Å². The molecule has 9 nitrogen and oxygen atoms in total. The van der Waals surface area contributed by atoms with E-state index in [0.29, 0.717) is 12.8 Å². The lowest BCUT2D eigenvalue weighted by atomic mass is 9.93. The molecule has 0 aliphatic heterocycles. The summed E-state index contributed by atoms with van der Waals surface area (Å²) >= 11 is 6.32. The number of hydrogen-bond donors (Lipinski definition) is 1. The quantitative estimate of drug-likeness (QED) is 0.376. The maximum Gasteiger partial charge on any atom is 0.573 e. The maximum absolute atomic E-state index is 13.5. The minimum atomic E-state index is -4.82. The number of fused-ring (bicyclic) bond motifs is 1. The molecule has 1 aromatic heterocycles.